The summed E-state index contributed by atoms with van der Waals surface area (Å²) in [6.45, 7) is 2.43. The molecule has 0 aliphatic heterocycles. The van der Waals surface area contributed by atoms with Crippen LogP contribution in [-0.4, -0.2) is 41.9 Å². The molecule has 7 heteroatoms. The molecular formula is C22H23N3O3S. The summed E-state index contributed by atoms with van der Waals surface area (Å²) in [5.74, 6) is 0.224. The van der Waals surface area contributed by atoms with E-state index in [4.69, 9.17) is 4.74 Å². The number of benzene rings is 2. The van der Waals surface area contributed by atoms with Crippen LogP contribution in [0.2, 0.25) is 0 Å². The van der Waals surface area contributed by atoms with Crippen molar-refractivity contribution in [3.8, 4) is 17.0 Å². The Balaban J connectivity index is 1.65. The Hall–Kier alpha value is -3.19. The van der Waals surface area contributed by atoms with E-state index < -0.39 is 0 Å². The number of ether oxygens (including phenoxy) is 1. The van der Waals surface area contributed by atoms with Gasteiger partial charge in [-0.05, 0) is 30.7 Å². The first-order valence-corrected chi connectivity index (χ1v) is 10.2. The largest absolute Gasteiger partial charge is 0.497 e. The summed E-state index contributed by atoms with van der Waals surface area (Å²) in [4.78, 5) is 31.3. The van der Waals surface area contributed by atoms with Crippen LogP contribution >= 0.6 is 11.3 Å². The molecule has 1 aromatic heterocycles. The molecule has 0 fully saturated rings. The van der Waals surface area contributed by atoms with E-state index in [0.717, 1.165) is 17.7 Å². The number of thiazole rings is 1. The Morgan fingerprint density at radius 1 is 1.10 bits per heavy atom. The number of carbonyl (C=O) groups is 2. The van der Waals surface area contributed by atoms with Gasteiger partial charge in [0.05, 0.1) is 12.8 Å². The van der Waals surface area contributed by atoms with Crippen molar-refractivity contribution in [1.82, 2.24) is 9.88 Å². The Labute approximate surface area is 174 Å². The average molecular weight is 410 g/mol. The minimum atomic E-state index is -0.269. The molecule has 0 bridgehead atoms. The second-order valence-electron chi connectivity index (χ2n) is 6.41. The predicted octanol–water partition coefficient (Wildman–Crippen LogP) is 4.31. The van der Waals surface area contributed by atoms with Crippen LogP contribution in [0.25, 0.3) is 11.3 Å². The van der Waals surface area contributed by atoms with Crippen LogP contribution in [0.15, 0.2) is 60.0 Å². The number of methoxy groups -OCH3 is 1. The molecule has 3 aromatic rings. The Morgan fingerprint density at radius 2 is 1.83 bits per heavy atom. The molecule has 6 nitrogen and oxygen atoms in total. The maximum absolute atomic E-state index is 12.8. The number of hydrogen-bond donors (Lipinski definition) is 1. The van der Waals surface area contributed by atoms with Gasteiger partial charge < -0.3 is 15.0 Å². The molecule has 0 radical (unpaired) electrons. The third-order valence-electron chi connectivity index (χ3n) is 4.27. The number of anilines is 1. The summed E-state index contributed by atoms with van der Waals surface area (Å²) in [5.41, 5.74) is 2.32. The van der Waals surface area contributed by atoms with Crippen molar-refractivity contribution in [2.45, 2.75) is 13.3 Å². The normalized spacial score (nSPS) is 10.4. The first-order valence-electron chi connectivity index (χ1n) is 9.35. The average Bonchev–Trinajstić information content (AvgIpc) is 3.22. The third-order valence-corrected chi connectivity index (χ3v) is 5.03. The van der Waals surface area contributed by atoms with Crippen molar-refractivity contribution in [1.29, 1.82) is 0 Å². The van der Waals surface area contributed by atoms with E-state index in [1.165, 1.54) is 11.3 Å². The van der Waals surface area contributed by atoms with Crippen molar-refractivity contribution in [3.63, 3.8) is 0 Å². The fourth-order valence-corrected chi connectivity index (χ4v) is 3.58. The Kier molecular flexibility index (Phi) is 6.97. The van der Waals surface area contributed by atoms with Crippen LogP contribution in [0, 0.1) is 0 Å². The highest BCUT2D eigenvalue weighted by atomic mass is 32.1. The lowest BCUT2D eigenvalue weighted by molar-refractivity contribution is -0.116. The summed E-state index contributed by atoms with van der Waals surface area (Å²) in [7, 11) is 1.58. The molecule has 29 heavy (non-hydrogen) atoms. The second kappa shape index (κ2) is 9.84. The van der Waals surface area contributed by atoms with Gasteiger partial charge in [-0.1, -0.05) is 37.3 Å². The summed E-state index contributed by atoms with van der Waals surface area (Å²) in [5, 5.41) is 5.22. The lowest BCUT2D eigenvalue weighted by atomic mass is 10.2. The summed E-state index contributed by atoms with van der Waals surface area (Å²) < 4.78 is 5.13. The summed E-state index contributed by atoms with van der Waals surface area (Å²) in [6.07, 6.45) is 0.755. The molecule has 2 aromatic carbocycles. The van der Waals surface area contributed by atoms with Crippen molar-refractivity contribution in [3.05, 3.63) is 65.5 Å². The molecule has 0 atom stereocenters. The van der Waals surface area contributed by atoms with Gasteiger partial charge in [0, 0.05) is 23.1 Å². The van der Waals surface area contributed by atoms with Crippen LogP contribution in [0.4, 0.5) is 5.13 Å². The fourth-order valence-electron chi connectivity index (χ4n) is 2.84. The maximum atomic E-state index is 12.8. The molecule has 0 unspecified atom stereocenters. The van der Waals surface area contributed by atoms with E-state index in [1.807, 2.05) is 42.6 Å². The van der Waals surface area contributed by atoms with Gasteiger partial charge in [0.15, 0.2) is 5.13 Å². The van der Waals surface area contributed by atoms with Gasteiger partial charge in [0.25, 0.3) is 5.91 Å². The van der Waals surface area contributed by atoms with Gasteiger partial charge in [-0.15, -0.1) is 11.3 Å². The van der Waals surface area contributed by atoms with E-state index in [2.05, 4.69) is 10.3 Å². The van der Waals surface area contributed by atoms with Crippen LogP contribution in [-0.2, 0) is 4.79 Å². The number of aromatic nitrogens is 1. The molecular weight excluding hydrogens is 386 g/mol. The standard InChI is InChI=1S/C22H23N3O3S/c1-3-13-25(21(27)17-9-11-18(28-2)12-10-17)14-20(26)24-22-23-19(15-29-22)16-7-5-4-6-8-16/h4-12,15H,3,13-14H2,1-2H3,(H,23,24,26). The lowest BCUT2D eigenvalue weighted by Gasteiger charge is -2.21. The van der Waals surface area contributed by atoms with Crippen LogP contribution in [0.3, 0.4) is 0 Å². The Morgan fingerprint density at radius 3 is 2.48 bits per heavy atom. The molecule has 0 aliphatic carbocycles. The zero-order chi connectivity index (χ0) is 20.6. The topological polar surface area (TPSA) is 71.5 Å². The predicted molar refractivity (Wildman–Crippen MR) is 115 cm³/mol. The zero-order valence-electron chi connectivity index (χ0n) is 16.4. The van der Waals surface area contributed by atoms with Gasteiger partial charge in [-0.3, -0.25) is 9.59 Å². The number of nitrogens with one attached hydrogen (secondary N) is 1. The molecule has 1 heterocycles. The summed E-state index contributed by atoms with van der Waals surface area (Å²) in [6, 6.07) is 16.6. The quantitative estimate of drug-likeness (QED) is 0.602. The third kappa shape index (κ3) is 5.42. The first-order chi connectivity index (χ1) is 14.1. The number of hydrogen-bond acceptors (Lipinski definition) is 5. The number of carbonyl (C=O) groups excluding carboxylic acids is 2. The highest BCUT2D eigenvalue weighted by molar-refractivity contribution is 7.14. The highest BCUT2D eigenvalue weighted by Crippen LogP contribution is 2.24. The molecule has 0 saturated carbocycles. The van der Waals surface area contributed by atoms with Crippen molar-refractivity contribution in [2.75, 3.05) is 25.5 Å². The van der Waals surface area contributed by atoms with Gasteiger partial charge in [-0.2, -0.15) is 0 Å². The number of nitrogens with zero attached hydrogens (tertiary/aromatic N) is 2. The lowest BCUT2D eigenvalue weighted by Crippen LogP contribution is -2.38. The van der Waals surface area contributed by atoms with E-state index >= 15 is 0 Å². The van der Waals surface area contributed by atoms with Gasteiger partial charge in [0.1, 0.15) is 12.3 Å². The first kappa shape index (κ1) is 20.5. The van der Waals surface area contributed by atoms with Crippen LogP contribution < -0.4 is 10.1 Å². The van der Waals surface area contributed by atoms with Crippen LogP contribution in [0.5, 0.6) is 5.75 Å². The minimum Gasteiger partial charge on any atom is -0.497 e. The van der Waals surface area contributed by atoms with E-state index in [9.17, 15) is 9.59 Å². The highest BCUT2D eigenvalue weighted by Gasteiger charge is 2.19. The van der Waals surface area contributed by atoms with E-state index in [1.54, 1.807) is 36.3 Å². The molecule has 0 saturated heterocycles. The second-order valence-corrected chi connectivity index (χ2v) is 7.27. The van der Waals surface area contributed by atoms with Gasteiger partial charge >= 0.3 is 0 Å². The van der Waals surface area contributed by atoms with Crippen LogP contribution in [0.1, 0.15) is 23.7 Å². The smallest absolute Gasteiger partial charge is 0.254 e. The van der Waals surface area contributed by atoms with Crippen molar-refractivity contribution in [2.24, 2.45) is 0 Å². The van der Waals surface area contributed by atoms with E-state index in [-0.39, 0.29) is 18.4 Å². The SMILES string of the molecule is CCCN(CC(=O)Nc1nc(-c2ccccc2)cs1)C(=O)c1ccc(OC)cc1. The minimum absolute atomic E-state index is 0.0288. The van der Waals surface area contributed by atoms with Crippen molar-refractivity contribution >= 4 is 28.3 Å². The van der Waals surface area contributed by atoms with E-state index in [0.29, 0.717) is 23.0 Å². The van der Waals surface area contributed by atoms with Crippen molar-refractivity contribution < 1.29 is 14.3 Å². The monoisotopic (exact) mass is 409 g/mol. The van der Waals surface area contributed by atoms with Gasteiger partial charge in [0.2, 0.25) is 5.91 Å². The molecule has 0 aliphatic rings. The summed E-state index contributed by atoms with van der Waals surface area (Å²) >= 11 is 1.36. The molecule has 3 rings (SSSR count). The number of amides is 2. The molecule has 1 N–H and O–H groups in total. The van der Waals surface area contributed by atoms with Gasteiger partial charge in [-0.25, -0.2) is 4.98 Å². The fraction of sp³-hybridized carbons (Fsp3) is 0.227. The Bertz CT molecular complexity index is 955. The molecule has 2 amide bonds. The maximum Gasteiger partial charge on any atom is 0.254 e. The molecule has 0 spiro atoms. The zero-order valence-corrected chi connectivity index (χ0v) is 17.2. The number of rotatable bonds is 8. The molecule has 150 valence electrons.